The Hall–Kier alpha value is -2.08. The van der Waals surface area contributed by atoms with Crippen molar-refractivity contribution in [1.29, 1.82) is 0 Å². The molecule has 20 heavy (non-hydrogen) atoms. The average molecular weight is 339 g/mol. The third-order valence-corrected chi connectivity index (χ3v) is 3.40. The molecule has 2 aromatic rings. The van der Waals surface area contributed by atoms with Gasteiger partial charge in [0.05, 0.1) is 24.0 Å². The van der Waals surface area contributed by atoms with Crippen LogP contribution in [0.4, 0.5) is 15.8 Å². The molecule has 0 unspecified atom stereocenters. The van der Waals surface area contributed by atoms with E-state index in [1.807, 2.05) is 0 Å². The number of hydrogen-bond donors (Lipinski definition) is 2. The molecule has 1 amide bonds. The number of carbonyl (C=O) groups is 1. The molecule has 0 saturated heterocycles. The lowest BCUT2D eigenvalue weighted by atomic mass is 10.1. The minimum absolute atomic E-state index is 0.236. The highest BCUT2D eigenvalue weighted by Crippen LogP contribution is 2.27. The van der Waals surface area contributed by atoms with Gasteiger partial charge in [-0.05, 0) is 46.3 Å². The molecule has 2 rings (SSSR count). The summed E-state index contributed by atoms with van der Waals surface area (Å²) in [6.45, 7) is 0. The third kappa shape index (κ3) is 2.91. The van der Waals surface area contributed by atoms with Gasteiger partial charge in [0.2, 0.25) is 0 Å². The van der Waals surface area contributed by atoms with E-state index in [0.717, 1.165) is 0 Å². The van der Waals surface area contributed by atoms with Crippen molar-refractivity contribution in [2.24, 2.45) is 0 Å². The third-order valence-electron chi connectivity index (χ3n) is 2.71. The van der Waals surface area contributed by atoms with Gasteiger partial charge in [0, 0.05) is 4.47 Å². The number of nitrogens with one attached hydrogen (secondary N) is 1. The molecule has 0 atom stereocenters. The van der Waals surface area contributed by atoms with Crippen molar-refractivity contribution in [3.05, 3.63) is 52.3 Å². The van der Waals surface area contributed by atoms with Crippen molar-refractivity contribution in [2.45, 2.75) is 0 Å². The van der Waals surface area contributed by atoms with E-state index in [0.29, 0.717) is 15.9 Å². The van der Waals surface area contributed by atoms with Crippen LogP contribution < -0.4 is 15.8 Å². The Labute approximate surface area is 123 Å². The first-order valence-corrected chi connectivity index (χ1v) is 6.51. The van der Waals surface area contributed by atoms with Crippen LogP contribution in [0.5, 0.6) is 5.75 Å². The lowest BCUT2D eigenvalue weighted by Crippen LogP contribution is -2.15. The molecule has 0 bridgehead atoms. The van der Waals surface area contributed by atoms with Gasteiger partial charge in [0.15, 0.2) is 0 Å². The molecule has 2 aromatic carbocycles. The second-order valence-electron chi connectivity index (χ2n) is 4.00. The number of rotatable bonds is 3. The molecular formula is C14H12BrFN2O2. The van der Waals surface area contributed by atoms with Crippen LogP contribution in [0, 0.1) is 5.82 Å². The molecule has 0 aliphatic carbocycles. The Morgan fingerprint density at radius 3 is 2.80 bits per heavy atom. The average Bonchev–Trinajstić information content (AvgIpc) is 2.43. The Bertz CT molecular complexity index is 662. The molecule has 0 radical (unpaired) electrons. The molecular weight excluding hydrogens is 327 g/mol. The summed E-state index contributed by atoms with van der Waals surface area (Å²) in [5.41, 5.74) is 6.68. The van der Waals surface area contributed by atoms with Crippen LogP contribution in [-0.4, -0.2) is 13.0 Å². The van der Waals surface area contributed by atoms with Crippen molar-refractivity contribution in [3.8, 4) is 5.75 Å². The quantitative estimate of drug-likeness (QED) is 0.842. The van der Waals surface area contributed by atoms with Crippen LogP contribution in [0.2, 0.25) is 0 Å². The van der Waals surface area contributed by atoms with Crippen LogP contribution in [0.25, 0.3) is 0 Å². The number of hydrogen-bond acceptors (Lipinski definition) is 3. The van der Waals surface area contributed by atoms with Gasteiger partial charge >= 0.3 is 0 Å². The van der Waals surface area contributed by atoms with Crippen LogP contribution in [-0.2, 0) is 0 Å². The van der Waals surface area contributed by atoms with Crippen molar-refractivity contribution in [3.63, 3.8) is 0 Å². The minimum atomic E-state index is -0.442. The van der Waals surface area contributed by atoms with E-state index < -0.39 is 11.7 Å². The summed E-state index contributed by atoms with van der Waals surface area (Å²) >= 11 is 3.24. The fourth-order valence-electron chi connectivity index (χ4n) is 1.70. The molecule has 0 aliphatic heterocycles. The van der Waals surface area contributed by atoms with Gasteiger partial charge in [0.1, 0.15) is 11.6 Å². The molecule has 4 nitrogen and oxygen atoms in total. The normalized spacial score (nSPS) is 10.2. The second-order valence-corrected chi connectivity index (χ2v) is 4.85. The number of para-hydroxylation sites is 1. The first-order valence-electron chi connectivity index (χ1n) is 5.72. The molecule has 0 aliphatic rings. The highest BCUT2D eigenvalue weighted by Gasteiger charge is 2.14. The highest BCUT2D eigenvalue weighted by atomic mass is 79.9. The van der Waals surface area contributed by atoms with Crippen molar-refractivity contribution in [2.75, 3.05) is 18.2 Å². The Morgan fingerprint density at radius 2 is 2.10 bits per heavy atom. The number of nitrogen functional groups attached to an aromatic ring is 1. The van der Waals surface area contributed by atoms with E-state index in [4.69, 9.17) is 10.5 Å². The summed E-state index contributed by atoms with van der Waals surface area (Å²) in [5, 5.41) is 2.60. The second kappa shape index (κ2) is 5.92. The lowest BCUT2D eigenvalue weighted by molar-refractivity contribution is 0.102. The molecule has 0 spiro atoms. The standard InChI is InChI=1S/C14H12BrFN2O2/c1-20-12-4-2-3-9(13(12)17)14(19)18-11-7-8(16)5-6-10(11)15/h2-7H,17H2,1H3,(H,18,19). The Kier molecular flexibility index (Phi) is 4.24. The maximum atomic E-state index is 13.2. The molecule has 0 fully saturated rings. The molecule has 0 heterocycles. The first-order chi connectivity index (χ1) is 9.52. The molecule has 0 saturated carbocycles. The molecule has 6 heteroatoms. The smallest absolute Gasteiger partial charge is 0.257 e. The first kappa shape index (κ1) is 14.3. The SMILES string of the molecule is COc1cccc(C(=O)Nc2cc(F)ccc2Br)c1N. The summed E-state index contributed by atoms with van der Waals surface area (Å²) in [6.07, 6.45) is 0. The van der Waals surface area contributed by atoms with Gasteiger partial charge < -0.3 is 15.8 Å². The highest BCUT2D eigenvalue weighted by molar-refractivity contribution is 9.10. The number of methoxy groups -OCH3 is 1. The molecule has 3 N–H and O–H groups in total. The van der Waals surface area contributed by atoms with Gasteiger partial charge in [0.25, 0.3) is 5.91 Å². The maximum absolute atomic E-state index is 13.2. The predicted octanol–water partition coefficient (Wildman–Crippen LogP) is 3.43. The van der Waals surface area contributed by atoms with E-state index in [1.54, 1.807) is 18.2 Å². The van der Waals surface area contributed by atoms with E-state index in [1.165, 1.54) is 25.3 Å². The van der Waals surface area contributed by atoms with Gasteiger partial charge in [-0.25, -0.2) is 4.39 Å². The van der Waals surface area contributed by atoms with E-state index in [9.17, 15) is 9.18 Å². The van der Waals surface area contributed by atoms with Gasteiger partial charge in [-0.3, -0.25) is 4.79 Å². The zero-order valence-electron chi connectivity index (χ0n) is 10.6. The number of ether oxygens (including phenoxy) is 1. The van der Waals surface area contributed by atoms with E-state index in [-0.39, 0.29) is 11.3 Å². The fraction of sp³-hybridized carbons (Fsp3) is 0.0714. The molecule has 0 aromatic heterocycles. The largest absolute Gasteiger partial charge is 0.495 e. The number of halogens is 2. The summed E-state index contributed by atoms with van der Waals surface area (Å²) < 4.78 is 18.8. The predicted molar refractivity (Wildman–Crippen MR) is 79.5 cm³/mol. The van der Waals surface area contributed by atoms with Gasteiger partial charge in [-0.1, -0.05) is 6.07 Å². The zero-order chi connectivity index (χ0) is 14.7. The van der Waals surface area contributed by atoms with E-state index >= 15 is 0 Å². The number of nitrogens with two attached hydrogens (primary N) is 1. The minimum Gasteiger partial charge on any atom is -0.495 e. The van der Waals surface area contributed by atoms with E-state index in [2.05, 4.69) is 21.2 Å². The Balaban J connectivity index is 2.31. The molecule has 104 valence electrons. The maximum Gasteiger partial charge on any atom is 0.257 e. The number of benzene rings is 2. The Morgan fingerprint density at radius 1 is 1.35 bits per heavy atom. The van der Waals surface area contributed by atoms with Crippen LogP contribution >= 0.6 is 15.9 Å². The topological polar surface area (TPSA) is 64.3 Å². The number of amides is 1. The van der Waals surface area contributed by atoms with Crippen molar-refractivity contribution in [1.82, 2.24) is 0 Å². The van der Waals surface area contributed by atoms with Crippen LogP contribution in [0.15, 0.2) is 40.9 Å². The summed E-state index contributed by atoms with van der Waals surface area (Å²) in [7, 11) is 1.47. The number of carbonyl (C=O) groups excluding carboxylic acids is 1. The van der Waals surface area contributed by atoms with Crippen LogP contribution in [0.3, 0.4) is 0 Å². The van der Waals surface area contributed by atoms with Gasteiger partial charge in [-0.15, -0.1) is 0 Å². The monoisotopic (exact) mass is 338 g/mol. The summed E-state index contributed by atoms with van der Waals surface area (Å²) in [6, 6.07) is 8.91. The fourth-order valence-corrected chi connectivity index (χ4v) is 2.05. The van der Waals surface area contributed by atoms with Crippen molar-refractivity contribution >= 4 is 33.2 Å². The van der Waals surface area contributed by atoms with Crippen LogP contribution in [0.1, 0.15) is 10.4 Å². The summed E-state index contributed by atoms with van der Waals surface area (Å²) in [4.78, 5) is 12.2. The lowest BCUT2D eigenvalue weighted by Gasteiger charge is -2.11. The zero-order valence-corrected chi connectivity index (χ0v) is 12.2. The number of anilines is 2. The van der Waals surface area contributed by atoms with Crippen molar-refractivity contribution < 1.29 is 13.9 Å². The van der Waals surface area contributed by atoms with Gasteiger partial charge in [-0.2, -0.15) is 0 Å². The summed E-state index contributed by atoms with van der Waals surface area (Å²) in [5.74, 6) is -0.467.